The van der Waals surface area contributed by atoms with E-state index in [4.69, 9.17) is 4.74 Å². The highest BCUT2D eigenvalue weighted by atomic mass is 35.5. The smallest absolute Gasteiger partial charge is 0.239 e. The fourth-order valence-corrected chi connectivity index (χ4v) is 2.17. The Bertz CT molecular complexity index is 633. The highest BCUT2D eigenvalue weighted by Gasteiger charge is 2.10. The number of carbonyl (C=O) groups excluding carboxylic acids is 1. The van der Waals surface area contributed by atoms with E-state index in [1.165, 1.54) is 0 Å². The number of benzene rings is 2. The highest BCUT2D eigenvalue weighted by Crippen LogP contribution is 2.18. The zero-order chi connectivity index (χ0) is 17.4. The quantitative estimate of drug-likeness (QED) is 0.673. The summed E-state index contributed by atoms with van der Waals surface area (Å²) in [7, 11) is 0. The van der Waals surface area contributed by atoms with Gasteiger partial charge < -0.3 is 20.5 Å². The Hall–Kier alpha value is -2.24. The van der Waals surface area contributed by atoms with Crippen molar-refractivity contribution in [3.8, 4) is 5.75 Å². The molecule has 3 N–H and O–H groups in total. The number of hydrogen-bond donors (Lipinski definition) is 3. The van der Waals surface area contributed by atoms with Crippen LogP contribution in [0.4, 0.5) is 5.69 Å². The molecule has 2 rings (SSSR count). The van der Waals surface area contributed by atoms with Crippen LogP contribution < -0.4 is 15.4 Å². The van der Waals surface area contributed by atoms with Crippen molar-refractivity contribution in [3.63, 3.8) is 0 Å². The topological polar surface area (TPSA) is 70.6 Å². The van der Waals surface area contributed by atoms with E-state index in [0.29, 0.717) is 0 Å². The lowest BCUT2D eigenvalue weighted by Crippen LogP contribution is -2.33. The lowest BCUT2D eigenvalue weighted by molar-refractivity contribution is -0.119. The van der Waals surface area contributed by atoms with Gasteiger partial charge in [-0.25, -0.2) is 0 Å². The van der Waals surface area contributed by atoms with Gasteiger partial charge in [0.15, 0.2) is 0 Å². The van der Waals surface area contributed by atoms with E-state index in [9.17, 15) is 9.90 Å². The van der Waals surface area contributed by atoms with Crippen LogP contribution >= 0.6 is 12.4 Å². The molecule has 0 aromatic heterocycles. The van der Waals surface area contributed by atoms with Crippen molar-refractivity contribution in [2.45, 2.75) is 26.1 Å². The predicted octanol–water partition coefficient (Wildman–Crippen LogP) is 3.16. The Morgan fingerprint density at radius 2 is 1.72 bits per heavy atom. The molecule has 0 saturated heterocycles. The fraction of sp³-hybridized carbons (Fsp3) is 0.316. The summed E-state index contributed by atoms with van der Waals surface area (Å²) < 4.78 is 5.56. The summed E-state index contributed by atoms with van der Waals surface area (Å²) in [4.78, 5) is 11.8. The van der Waals surface area contributed by atoms with Gasteiger partial charge in [-0.1, -0.05) is 30.3 Å². The largest absolute Gasteiger partial charge is 0.491 e. The van der Waals surface area contributed by atoms with Crippen molar-refractivity contribution in [2.75, 3.05) is 18.4 Å². The summed E-state index contributed by atoms with van der Waals surface area (Å²) in [6, 6.07) is 16.7. The zero-order valence-electron chi connectivity index (χ0n) is 14.4. The molecule has 0 spiro atoms. The van der Waals surface area contributed by atoms with Crippen molar-refractivity contribution in [1.82, 2.24) is 5.32 Å². The van der Waals surface area contributed by atoms with Crippen LogP contribution in [0.15, 0.2) is 54.6 Å². The third kappa shape index (κ3) is 7.45. The molecule has 0 saturated carbocycles. The summed E-state index contributed by atoms with van der Waals surface area (Å²) in [5, 5.41) is 15.9. The third-order valence-electron chi connectivity index (χ3n) is 3.36. The molecular weight excluding hydrogens is 340 g/mol. The number of hydrogen-bond acceptors (Lipinski definition) is 4. The van der Waals surface area contributed by atoms with Gasteiger partial charge >= 0.3 is 0 Å². The van der Waals surface area contributed by atoms with E-state index in [1.807, 2.05) is 56.3 Å². The van der Waals surface area contributed by atoms with Crippen LogP contribution in [-0.2, 0) is 4.79 Å². The van der Waals surface area contributed by atoms with E-state index in [1.54, 1.807) is 12.1 Å². The maximum absolute atomic E-state index is 11.8. The van der Waals surface area contributed by atoms with Crippen molar-refractivity contribution < 1.29 is 14.6 Å². The zero-order valence-corrected chi connectivity index (χ0v) is 15.3. The second-order valence-electron chi connectivity index (χ2n) is 5.78. The van der Waals surface area contributed by atoms with Crippen LogP contribution in [0.5, 0.6) is 5.75 Å². The van der Waals surface area contributed by atoms with E-state index < -0.39 is 6.10 Å². The first-order chi connectivity index (χ1) is 11.5. The van der Waals surface area contributed by atoms with Gasteiger partial charge in [0.05, 0.1) is 18.8 Å². The Balaban J connectivity index is 0.00000312. The summed E-state index contributed by atoms with van der Waals surface area (Å²) in [6.07, 6.45) is -0.643. The molecule has 0 fully saturated rings. The molecule has 0 aliphatic heterocycles. The number of halogens is 1. The minimum absolute atomic E-state index is 0. The number of anilines is 1. The second-order valence-corrected chi connectivity index (χ2v) is 5.78. The summed E-state index contributed by atoms with van der Waals surface area (Å²) in [6.45, 7) is 4.25. The number of amides is 1. The number of aliphatic hydroxyl groups excluding tert-OH is 1. The van der Waals surface area contributed by atoms with Crippen LogP contribution in [0, 0.1) is 0 Å². The average Bonchev–Trinajstić information content (AvgIpc) is 2.59. The summed E-state index contributed by atoms with van der Waals surface area (Å²) in [5.74, 6) is 0.592. The van der Waals surface area contributed by atoms with Crippen LogP contribution in [0.3, 0.4) is 0 Å². The fourth-order valence-electron chi connectivity index (χ4n) is 2.17. The summed E-state index contributed by atoms with van der Waals surface area (Å²) >= 11 is 0. The predicted molar refractivity (Wildman–Crippen MR) is 102 cm³/mol. The van der Waals surface area contributed by atoms with Crippen molar-refractivity contribution in [1.29, 1.82) is 0 Å². The summed E-state index contributed by atoms with van der Waals surface area (Å²) in [5.41, 5.74) is 1.62. The molecule has 1 atom stereocenters. The Morgan fingerprint density at radius 1 is 1.08 bits per heavy atom. The molecule has 0 radical (unpaired) electrons. The normalized spacial score (nSPS) is 11.4. The molecular formula is C19H25ClN2O3. The first kappa shape index (κ1) is 20.8. The van der Waals surface area contributed by atoms with Gasteiger partial charge in [0.25, 0.3) is 0 Å². The lowest BCUT2D eigenvalue weighted by Gasteiger charge is -2.14. The molecule has 2 aromatic carbocycles. The highest BCUT2D eigenvalue weighted by molar-refractivity contribution is 5.85. The average molecular weight is 365 g/mol. The number of nitrogens with one attached hydrogen (secondary N) is 2. The Kier molecular flexibility index (Phi) is 8.81. The third-order valence-corrected chi connectivity index (χ3v) is 3.36. The molecule has 25 heavy (non-hydrogen) atoms. The minimum Gasteiger partial charge on any atom is -0.491 e. The first-order valence-electron chi connectivity index (χ1n) is 8.05. The molecule has 0 heterocycles. The van der Waals surface area contributed by atoms with Gasteiger partial charge in [0, 0.05) is 12.2 Å². The monoisotopic (exact) mass is 364 g/mol. The lowest BCUT2D eigenvalue weighted by atomic mass is 10.1. The number of ether oxygens (including phenoxy) is 1. The molecule has 0 aliphatic carbocycles. The molecule has 2 aromatic rings. The second kappa shape index (κ2) is 10.6. The SMILES string of the molecule is CC(C)Oc1ccc(C(O)CNC(=O)CNc2ccccc2)cc1.Cl. The maximum Gasteiger partial charge on any atom is 0.239 e. The number of rotatable bonds is 8. The van der Waals surface area contributed by atoms with Crippen molar-refractivity contribution in [3.05, 3.63) is 60.2 Å². The van der Waals surface area contributed by atoms with Crippen molar-refractivity contribution in [2.24, 2.45) is 0 Å². The van der Waals surface area contributed by atoms with E-state index in [-0.39, 0.29) is 37.5 Å². The minimum atomic E-state index is -0.751. The number of aliphatic hydroxyl groups is 1. The molecule has 6 heteroatoms. The van der Waals surface area contributed by atoms with E-state index >= 15 is 0 Å². The molecule has 0 bridgehead atoms. The molecule has 0 aliphatic rings. The van der Waals surface area contributed by atoms with Gasteiger partial charge in [-0.15, -0.1) is 12.4 Å². The van der Waals surface area contributed by atoms with Gasteiger partial charge in [-0.3, -0.25) is 4.79 Å². The Labute approximate surface area is 154 Å². The first-order valence-corrected chi connectivity index (χ1v) is 8.05. The number of para-hydroxylation sites is 1. The maximum atomic E-state index is 11.8. The molecule has 1 unspecified atom stereocenters. The number of carbonyl (C=O) groups is 1. The standard InChI is InChI=1S/C19H24N2O3.ClH/c1-14(2)24-17-10-8-15(9-11-17)18(22)12-21-19(23)13-20-16-6-4-3-5-7-16;/h3-11,14,18,20,22H,12-13H2,1-2H3,(H,21,23);1H. The van der Waals surface area contributed by atoms with Gasteiger partial charge in [-0.2, -0.15) is 0 Å². The van der Waals surface area contributed by atoms with Crippen molar-refractivity contribution >= 4 is 24.0 Å². The van der Waals surface area contributed by atoms with Crippen LogP contribution in [0.1, 0.15) is 25.5 Å². The van der Waals surface area contributed by atoms with Crippen LogP contribution in [0.25, 0.3) is 0 Å². The van der Waals surface area contributed by atoms with Gasteiger partial charge in [0.2, 0.25) is 5.91 Å². The van der Waals surface area contributed by atoms with Gasteiger partial charge in [-0.05, 0) is 43.7 Å². The molecule has 5 nitrogen and oxygen atoms in total. The van der Waals surface area contributed by atoms with Crippen LogP contribution in [-0.4, -0.2) is 30.2 Å². The Morgan fingerprint density at radius 3 is 2.32 bits per heavy atom. The van der Waals surface area contributed by atoms with Gasteiger partial charge in [0.1, 0.15) is 5.75 Å². The van der Waals surface area contributed by atoms with E-state index in [0.717, 1.165) is 17.0 Å². The van der Waals surface area contributed by atoms with E-state index in [2.05, 4.69) is 10.6 Å². The van der Waals surface area contributed by atoms with Crippen LogP contribution in [0.2, 0.25) is 0 Å². The molecule has 1 amide bonds. The molecule has 136 valence electrons.